The number of rotatable bonds is 3. The van der Waals surface area contributed by atoms with Crippen LogP contribution in [0.5, 0.6) is 0 Å². The van der Waals surface area contributed by atoms with Crippen molar-refractivity contribution in [1.82, 2.24) is 9.55 Å². The first kappa shape index (κ1) is 12.1. The van der Waals surface area contributed by atoms with Crippen molar-refractivity contribution in [2.45, 2.75) is 32.7 Å². The van der Waals surface area contributed by atoms with Gasteiger partial charge >= 0.3 is 0 Å². The molecule has 0 saturated carbocycles. The summed E-state index contributed by atoms with van der Waals surface area (Å²) in [6.45, 7) is 6.52. The molecule has 0 aliphatic carbocycles. The fraction of sp³-hybridized carbons (Fsp3) is 0.357. The highest BCUT2D eigenvalue weighted by molar-refractivity contribution is 7.71. The van der Waals surface area contributed by atoms with Crippen LogP contribution in [0.1, 0.15) is 25.1 Å². The summed E-state index contributed by atoms with van der Waals surface area (Å²) in [5.74, 6) is 0. The molecular weight excluding hydrogens is 228 g/mol. The van der Waals surface area contributed by atoms with Gasteiger partial charge in [0.05, 0.1) is 0 Å². The van der Waals surface area contributed by atoms with Crippen LogP contribution in [-0.4, -0.2) is 9.55 Å². The summed E-state index contributed by atoms with van der Waals surface area (Å²) in [4.78, 5) is 3.11. The first-order valence-electron chi connectivity index (χ1n) is 5.82. The molecule has 0 aliphatic heterocycles. The fourth-order valence-electron chi connectivity index (χ4n) is 2.38. The van der Waals surface area contributed by atoms with E-state index in [2.05, 4.69) is 54.6 Å². The average molecular weight is 246 g/mol. The molecule has 17 heavy (non-hydrogen) atoms. The second-order valence-corrected chi connectivity index (χ2v) is 5.43. The van der Waals surface area contributed by atoms with Crippen molar-refractivity contribution in [3.63, 3.8) is 0 Å². The third kappa shape index (κ3) is 2.50. The SMILES string of the molecule is Cc1c[nH]c(=S)n1C(C)(C)Cc1ccccc1. The molecule has 0 aliphatic rings. The van der Waals surface area contributed by atoms with Gasteiger partial charge in [-0.2, -0.15) is 0 Å². The van der Waals surface area contributed by atoms with Crippen molar-refractivity contribution < 1.29 is 0 Å². The third-order valence-corrected chi connectivity index (χ3v) is 3.35. The molecule has 0 amide bonds. The summed E-state index contributed by atoms with van der Waals surface area (Å²) in [5.41, 5.74) is 2.50. The summed E-state index contributed by atoms with van der Waals surface area (Å²) in [6.07, 6.45) is 2.94. The maximum absolute atomic E-state index is 5.34. The first-order valence-corrected chi connectivity index (χ1v) is 6.23. The highest BCUT2D eigenvalue weighted by atomic mass is 32.1. The number of aryl methyl sites for hydroxylation is 1. The highest BCUT2D eigenvalue weighted by Crippen LogP contribution is 2.23. The Morgan fingerprint density at radius 1 is 1.24 bits per heavy atom. The average Bonchev–Trinajstić information content (AvgIpc) is 2.59. The van der Waals surface area contributed by atoms with Crippen LogP contribution >= 0.6 is 12.2 Å². The van der Waals surface area contributed by atoms with Crippen molar-refractivity contribution >= 4 is 12.2 Å². The second-order valence-electron chi connectivity index (χ2n) is 5.05. The van der Waals surface area contributed by atoms with Crippen LogP contribution in [0.4, 0.5) is 0 Å². The second kappa shape index (κ2) is 4.49. The van der Waals surface area contributed by atoms with Crippen molar-refractivity contribution in [1.29, 1.82) is 0 Å². The summed E-state index contributed by atoms with van der Waals surface area (Å²) >= 11 is 5.34. The van der Waals surface area contributed by atoms with Gasteiger partial charge in [0, 0.05) is 17.4 Å². The van der Waals surface area contributed by atoms with Gasteiger partial charge in [0.15, 0.2) is 4.77 Å². The zero-order valence-corrected chi connectivity index (χ0v) is 11.3. The molecule has 90 valence electrons. The maximum Gasteiger partial charge on any atom is 0.177 e. The monoisotopic (exact) mass is 246 g/mol. The predicted molar refractivity (Wildman–Crippen MR) is 73.8 cm³/mol. The standard InChI is InChI=1S/C14H18N2S/c1-11-10-15-13(17)16(11)14(2,3)9-12-7-5-4-6-8-12/h4-8,10H,9H2,1-3H3,(H,15,17). The fourth-order valence-corrected chi connectivity index (χ4v) is 2.83. The number of aromatic nitrogens is 2. The Morgan fingerprint density at radius 2 is 1.88 bits per heavy atom. The molecule has 0 bridgehead atoms. The summed E-state index contributed by atoms with van der Waals surface area (Å²) in [5, 5.41) is 0. The van der Waals surface area contributed by atoms with Crippen LogP contribution in [-0.2, 0) is 12.0 Å². The van der Waals surface area contributed by atoms with Gasteiger partial charge in [-0.3, -0.25) is 0 Å². The van der Waals surface area contributed by atoms with Crippen LogP contribution in [0.25, 0.3) is 0 Å². The quantitative estimate of drug-likeness (QED) is 0.816. The van der Waals surface area contributed by atoms with E-state index in [9.17, 15) is 0 Å². The minimum Gasteiger partial charge on any atom is -0.337 e. The topological polar surface area (TPSA) is 20.7 Å². The third-order valence-electron chi connectivity index (χ3n) is 3.05. The van der Waals surface area contributed by atoms with E-state index >= 15 is 0 Å². The lowest BCUT2D eigenvalue weighted by Crippen LogP contribution is -2.30. The van der Waals surface area contributed by atoms with Crippen LogP contribution in [0, 0.1) is 11.7 Å². The maximum atomic E-state index is 5.34. The van der Waals surface area contributed by atoms with Gasteiger partial charge < -0.3 is 9.55 Å². The molecule has 1 N–H and O–H groups in total. The Hall–Kier alpha value is -1.35. The number of imidazole rings is 1. The molecule has 0 fully saturated rings. The van der Waals surface area contributed by atoms with Gasteiger partial charge in [-0.15, -0.1) is 0 Å². The van der Waals surface area contributed by atoms with E-state index in [-0.39, 0.29) is 5.54 Å². The molecule has 2 aromatic rings. The van der Waals surface area contributed by atoms with Crippen molar-refractivity contribution in [2.24, 2.45) is 0 Å². The minimum atomic E-state index is -0.0114. The number of nitrogens with zero attached hydrogens (tertiary/aromatic N) is 1. The number of nitrogens with one attached hydrogen (secondary N) is 1. The molecular formula is C14H18N2S. The van der Waals surface area contributed by atoms with E-state index < -0.39 is 0 Å². The lowest BCUT2D eigenvalue weighted by molar-refractivity contribution is 0.342. The molecule has 0 radical (unpaired) electrons. The largest absolute Gasteiger partial charge is 0.337 e. The van der Waals surface area contributed by atoms with Gasteiger partial charge in [0.25, 0.3) is 0 Å². The lowest BCUT2D eigenvalue weighted by Gasteiger charge is -2.28. The Kier molecular flexibility index (Phi) is 3.20. The highest BCUT2D eigenvalue weighted by Gasteiger charge is 2.22. The van der Waals surface area contributed by atoms with E-state index in [1.807, 2.05) is 12.3 Å². The van der Waals surface area contributed by atoms with Crippen LogP contribution in [0.3, 0.4) is 0 Å². The molecule has 1 heterocycles. The van der Waals surface area contributed by atoms with Crippen LogP contribution < -0.4 is 0 Å². The molecule has 2 nitrogen and oxygen atoms in total. The molecule has 0 spiro atoms. The molecule has 0 saturated heterocycles. The van der Waals surface area contributed by atoms with Gasteiger partial charge in [-0.1, -0.05) is 30.3 Å². The molecule has 2 rings (SSSR count). The van der Waals surface area contributed by atoms with E-state index in [0.29, 0.717) is 0 Å². The van der Waals surface area contributed by atoms with Gasteiger partial charge in [-0.05, 0) is 45.0 Å². The Balaban J connectivity index is 2.35. The number of hydrogen-bond donors (Lipinski definition) is 1. The first-order chi connectivity index (χ1) is 8.00. The van der Waals surface area contributed by atoms with E-state index in [1.165, 1.54) is 11.3 Å². The molecule has 1 aromatic carbocycles. The van der Waals surface area contributed by atoms with Crippen molar-refractivity contribution in [3.8, 4) is 0 Å². The number of aromatic amines is 1. The van der Waals surface area contributed by atoms with Crippen LogP contribution in [0.15, 0.2) is 36.5 Å². The zero-order chi connectivity index (χ0) is 12.5. The summed E-state index contributed by atoms with van der Waals surface area (Å²) in [6, 6.07) is 10.5. The van der Waals surface area contributed by atoms with Crippen molar-refractivity contribution in [2.75, 3.05) is 0 Å². The zero-order valence-electron chi connectivity index (χ0n) is 10.5. The summed E-state index contributed by atoms with van der Waals surface area (Å²) in [7, 11) is 0. The van der Waals surface area contributed by atoms with Gasteiger partial charge in [0.2, 0.25) is 0 Å². The molecule has 3 heteroatoms. The number of benzene rings is 1. The number of hydrogen-bond acceptors (Lipinski definition) is 1. The van der Waals surface area contributed by atoms with Crippen molar-refractivity contribution in [3.05, 3.63) is 52.6 Å². The smallest absolute Gasteiger partial charge is 0.177 e. The normalized spacial score (nSPS) is 11.7. The van der Waals surface area contributed by atoms with E-state index in [0.717, 1.165) is 11.2 Å². The molecule has 1 aromatic heterocycles. The van der Waals surface area contributed by atoms with Gasteiger partial charge in [0.1, 0.15) is 0 Å². The van der Waals surface area contributed by atoms with Gasteiger partial charge in [-0.25, -0.2) is 0 Å². The number of H-pyrrole nitrogens is 1. The molecule has 0 atom stereocenters. The minimum absolute atomic E-state index is 0.0114. The van der Waals surface area contributed by atoms with E-state index in [1.54, 1.807) is 0 Å². The van der Waals surface area contributed by atoms with Crippen LogP contribution in [0.2, 0.25) is 0 Å². The predicted octanol–water partition coefficient (Wildman–Crippen LogP) is 3.83. The summed E-state index contributed by atoms with van der Waals surface area (Å²) < 4.78 is 2.98. The lowest BCUT2D eigenvalue weighted by atomic mass is 9.94. The molecule has 0 unspecified atom stereocenters. The Morgan fingerprint density at radius 3 is 2.41 bits per heavy atom. The van der Waals surface area contributed by atoms with E-state index in [4.69, 9.17) is 12.2 Å². The Bertz CT molecular complexity index is 549. The Labute approximate surface area is 107 Å².